The van der Waals surface area contributed by atoms with E-state index in [9.17, 15) is 5.11 Å². The summed E-state index contributed by atoms with van der Waals surface area (Å²) in [5.41, 5.74) is 0.760. The summed E-state index contributed by atoms with van der Waals surface area (Å²) in [6, 6.07) is 0. The number of rotatable bonds is 6. The molecule has 0 saturated heterocycles. The smallest absolute Gasteiger partial charge is 0.0591 e. The minimum atomic E-state index is -0.544. The van der Waals surface area contributed by atoms with E-state index in [1.54, 1.807) is 0 Å². The van der Waals surface area contributed by atoms with E-state index >= 15 is 0 Å². The molecule has 0 fully saturated rings. The first-order valence-electron chi connectivity index (χ1n) is 4.94. The van der Waals surface area contributed by atoms with Crippen LogP contribution < -0.4 is 0 Å². The Morgan fingerprint density at radius 3 is 2.46 bits per heavy atom. The first-order chi connectivity index (χ1) is 5.95. The number of hydrogen-bond acceptors (Lipinski definition) is 2. The lowest BCUT2D eigenvalue weighted by atomic mass is 9.99. The summed E-state index contributed by atoms with van der Waals surface area (Å²) in [5.74, 6) is 0. The maximum absolute atomic E-state index is 9.45. The van der Waals surface area contributed by atoms with E-state index in [0.29, 0.717) is 0 Å². The van der Waals surface area contributed by atoms with Crippen molar-refractivity contribution < 1.29 is 10.2 Å². The van der Waals surface area contributed by atoms with Crippen molar-refractivity contribution >= 4 is 0 Å². The van der Waals surface area contributed by atoms with Crippen molar-refractivity contribution in [3.63, 3.8) is 0 Å². The van der Waals surface area contributed by atoms with Crippen LogP contribution in [0.15, 0.2) is 11.6 Å². The fourth-order valence-corrected chi connectivity index (χ4v) is 1.21. The maximum Gasteiger partial charge on any atom is 0.0591 e. The van der Waals surface area contributed by atoms with Gasteiger partial charge in [-0.2, -0.15) is 0 Å². The van der Waals surface area contributed by atoms with Crippen molar-refractivity contribution in [2.75, 3.05) is 6.61 Å². The highest BCUT2D eigenvalue weighted by Crippen LogP contribution is 2.15. The highest BCUT2D eigenvalue weighted by molar-refractivity contribution is 4.97. The zero-order valence-corrected chi connectivity index (χ0v) is 9.01. The summed E-state index contributed by atoms with van der Waals surface area (Å²) in [7, 11) is 0. The quantitative estimate of drug-likeness (QED) is 0.625. The predicted octanol–water partition coefficient (Wildman–Crippen LogP) is 2.26. The van der Waals surface area contributed by atoms with E-state index < -0.39 is 5.60 Å². The summed E-state index contributed by atoms with van der Waals surface area (Å²) in [6.45, 7) is 5.96. The van der Waals surface area contributed by atoms with E-state index in [-0.39, 0.29) is 6.61 Å². The van der Waals surface area contributed by atoms with Crippen LogP contribution in [0.2, 0.25) is 0 Å². The molecule has 0 spiro atoms. The fraction of sp³-hybridized carbons (Fsp3) is 0.818. The SMILES string of the molecule is CC(=CCCO)CCCC(C)(C)O. The Balaban J connectivity index is 3.53. The summed E-state index contributed by atoms with van der Waals surface area (Å²) in [5, 5.41) is 18.0. The normalized spacial score (nSPS) is 13.5. The number of aliphatic hydroxyl groups is 2. The second-order valence-electron chi connectivity index (χ2n) is 4.23. The second kappa shape index (κ2) is 6.17. The first kappa shape index (κ1) is 12.7. The van der Waals surface area contributed by atoms with E-state index in [0.717, 1.165) is 25.7 Å². The standard InChI is InChI=1S/C11H22O2/c1-10(7-5-9-12)6-4-8-11(2,3)13/h7,12-13H,4-6,8-9H2,1-3H3. The van der Waals surface area contributed by atoms with Crippen molar-refractivity contribution in [2.24, 2.45) is 0 Å². The Kier molecular flexibility index (Phi) is 6.00. The van der Waals surface area contributed by atoms with Gasteiger partial charge in [-0.3, -0.25) is 0 Å². The average Bonchev–Trinajstić information content (AvgIpc) is 1.98. The van der Waals surface area contributed by atoms with Gasteiger partial charge in [0.25, 0.3) is 0 Å². The molecule has 0 atom stereocenters. The molecule has 2 N–H and O–H groups in total. The van der Waals surface area contributed by atoms with E-state index in [1.807, 2.05) is 13.8 Å². The minimum absolute atomic E-state index is 0.225. The molecule has 0 aromatic carbocycles. The molecule has 78 valence electrons. The molecule has 0 amide bonds. The third kappa shape index (κ3) is 9.57. The molecular weight excluding hydrogens is 164 g/mol. The van der Waals surface area contributed by atoms with E-state index in [1.165, 1.54) is 5.57 Å². The molecule has 0 unspecified atom stereocenters. The third-order valence-electron chi connectivity index (χ3n) is 1.98. The topological polar surface area (TPSA) is 40.5 Å². The number of aliphatic hydroxyl groups excluding tert-OH is 1. The van der Waals surface area contributed by atoms with Crippen LogP contribution in [0.1, 0.15) is 46.5 Å². The molecule has 0 aromatic heterocycles. The molecular formula is C11H22O2. The number of hydrogen-bond donors (Lipinski definition) is 2. The number of allylic oxidation sites excluding steroid dienone is 1. The maximum atomic E-state index is 9.45. The molecule has 0 aliphatic rings. The van der Waals surface area contributed by atoms with E-state index in [2.05, 4.69) is 13.0 Å². The molecule has 0 heterocycles. The van der Waals surface area contributed by atoms with Gasteiger partial charge in [-0.05, 0) is 46.5 Å². The Labute approximate surface area is 81.3 Å². The molecule has 0 radical (unpaired) electrons. The van der Waals surface area contributed by atoms with Crippen LogP contribution in [0.3, 0.4) is 0 Å². The summed E-state index contributed by atoms with van der Waals surface area (Å²) < 4.78 is 0. The lowest BCUT2D eigenvalue weighted by Crippen LogP contribution is -2.17. The Bertz CT molecular complexity index is 154. The zero-order chi connectivity index (χ0) is 10.3. The minimum Gasteiger partial charge on any atom is -0.396 e. The fourth-order valence-electron chi connectivity index (χ4n) is 1.21. The van der Waals surface area contributed by atoms with Gasteiger partial charge < -0.3 is 10.2 Å². The van der Waals surface area contributed by atoms with Gasteiger partial charge in [0.15, 0.2) is 0 Å². The molecule has 13 heavy (non-hydrogen) atoms. The average molecular weight is 186 g/mol. The van der Waals surface area contributed by atoms with Gasteiger partial charge >= 0.3 is 0 Å². The molecule has 0 bridgehead atoms. The molecule has 2 nitrogen and oxygen atoms in total. The van der Waals surface area contributed by atoms with Crippen LogP contribution in [0.25, 0.3) is 0 Å². The van der Waals surface area contributed by atoms with Gasteiger partial charge in [0.05, 0.1) is 5.60 Å². The highest BCUT2D eigenvalue weighted by atomic mass is 16.3. The van der Waals surface area contributed by atoms with Gasteiger partial charge in [-0.1, -0.05) is 11.6 Å². The van der Waals surface area contributed by atoms with Crippen LogP contribution in [0, 0.1) is 0 Å². The van der Waals surface area contributed by atoms with Crippen molar-refractivity contribution in [1.82, 2.24) is 0 Å². The lowest BCUT2D eigenvalue weighted by molar-refractivity contribution is 0.0689. The largest absolute Gasteiger partial charge is 0.396 e. The van der Waals surface area contributed by atoms with Gasteiger partial charge in [0.1, 0.15) is 0 Å². The van der Waals surface area contributed by atoms with Gasteiger partial charge in [-0.15, -0.1) is 0 Å². The van der Waals surface area contributed by atoms with Crippen molar-refractivity contribution in [1.29, 1.82) is 0 Å². The van der Waals surface area contributed by atoms with Crippen molar-refractivity contribution in [2.45, 2.75) is 52.1 Å². The van der Waals surface area contributed by atoms with Crippen LogP contribution in [-0.4, -0.2) is 22.4 Å². The summed E-state index contributed by atoms with van der Waals surface area (Å²) in [6.07, 6.45) is 5.66. The molecule has 0 aromatic rings. The zero-order valence-electron chi connectivity index (χ0n) is 9.01. The Morgan fingerprint density at radius 2 is 2.00 bits per heavy atom. The van der Waals surface area contributed by atoms with Gasteiger partial charge in [0, 0.05) is 6.61 Å². The van der Waals surface area contributed by atoms with Crippen molar-refractivity contribution in [3.05, 3.63) is 11.6 Å². The molecule has 0 saturated carbocycles. The summed E-state index contributed by atoms with van der Waals surface area (Å²) in [4.78, 5) is 0. The summed E-state index contributed by atoms with van der Waals surface area (Å²) >= 11 is 0. The third-order valence-corrected chi connectivity index (χ3v) is 1.98. The van der Waals surface area contributed by atoms with Crippen molar-refractivity contribution in [3.8, 4) is 0 Å². The molecule has 0 aliphatic heterocycles. The molecule has 0 aliphatic carbocycles. The lowest BCUT2D eigenvalue weighted by Gasteiger charge is -2.16. The highest BCUT2D eigenvalue weighted by Gasteiger charge is 2.10. The van der Waals surface area contributed by atoms with E-state index in [4.69, 9.17) is 5.11 Å². The van der Waals surface area contributed by atoms with Crippen LogP contribution in [-0.2, 0) is 0 Å². The van der Waals surface area contributed by atoms with Crippen LogP contribution in [0.5, 0.6) is 0 Å². The monoisotopic (exact) mass is 186 g/mol. The van der Waals surface area contributed by atoms with Gasteiger partial charge in [-0.25, -0.2) is 0 Å². The van der Waals surface area contributed by atoms with Gasteiger partial charge in [0.2, 0.25) is 0 Å². The predicted molar refractivity (Wildman–Crippen MR) is 55.6 cm³/mol. The van der Waals surface area contributed by atoms with Crippen LogP contribution in [0.4, 0.5) is 0 Å². The Morgan fingerprint density at radius 1 is 1.38 bits per heavy atom. The molecule has 2 heteroatoms. The first-order valence-corrected chi connectivity index (χ1v) is 4.94. The second-order valence-corrected chi connectivity index (χ2v) is 4.23. The molecule has 0 rings (SSSR count). The van der Waals surface area contributed by atoms with Crippen LogP contribution >= 0.6 is 0 Å². The Hall–Kier alpha value is -0.340.